The zero-order valence-electron chi connectivity index (χ0n) is 9.77. The molecule has 1 aromatic rings. The second kappa shape index (κ2) is 6.02. The zero-order chi connectivity index (χ0) is 11.2. The van der Waals surface area contributed by atoms with Crippen molar-refractivity contribution in [2.45, 2.75) is 44.2 Å². The molecule has 88 valence electrons. The summed E-state index contributed by atoms with van der Waals surface area (Å²) in [6.07, 6.45) is 6.36. The summed E-state index contributed by atoms with van der Waals surface area (Å²) in [6.45, 7) is 0.954. The van der Waals surface area contributed by atoms with Crippen LogP contribution in [-0.2, 0) is 4.74 Å². The quantitative estimate of drug-likeness (QED) is 0.826. The fraction of sp³-hybridized carbons (Fsp3) is 0.571. The van der Waals surface area contributed by atoms with E-state index in [0.717, 1.165) is 13.0 Å². The van der Waals surface area contributed by atoms with Crippen LogP contribution < -0.4 is 5.73 Å². The highest BCUT2D eigenvalue weighted by Gasteiger charge is 2.15. The second-order valence-electron chi connectivity index (χ2n) is 4.58. The van der Waals surface area contributed by atoms with Crippen molar-refractivity contribution in [1.29, 1.82) is 0 Å². The topological polar surface area (TPSA) is 35.2 Å². The van der Waals surface area contributed by atoms with Crippen molar-refractivity contribution in [2.24, 2.45) is 5.73 Å². The Bertz CT molecular complexity index is 293. The number of nitrogens with two attached hydrogens (primary N) is 1. The van der Waals surface area contributed by atoms with Gasteiger partial charge >= 0.3 is 0 Å². The fourth-order valence-corrected chi connectivity index (χ4v) is 2.30. The maximum atomic E-state index is 6.14. The maximum Gasteiger partial charge on any atom is 0.0576 e. The van der Waals surface area contributed by atoms with Gasteiger partial charge in [-0.25, -0.2) is 0 Å². The Morgan fingerprint density at radius 2 is 2.12 bits per heavy atom. The van der Waals surface area contributed by atoms with Gasteiger partial charge in [-0.1, -0.05) is 30.3 Å². The van der Waals surface area contributed by atoms with Gasteiger partial charge in [-0.3, -0.25) is 0 Å². The average molecular weight is 219 g/mol. The van der Waals surface area contributed by atoms with E-state index in [2.05, 4.69) is 24.3 Å². The molecule has 2 rings (SSSR count). The Hall–Kier alpha value is -0.860. The van der Waals surface area contributed by atoms with Crippen LogP contribution in [0.1, 0.15) is 43.7 Å². The summed E-state index contributed by atoms with van der Waals surface area (Å²) in [5, 5.41) is 0. The number of ether oxygens (including phenoxy) is 1. The highest BCUT2D eigenvalue weighted by molar-refractivity contribution is 5.18. The third-order valence-electron chi connectivity index (χ3n) is 3.29. The van der Waals surface area contributed by atoms with Crippen LogP contribution in [0.5, 0.6) is 0 Å². The Balaban J connectivity index is 1.69. The Morgan fingerprint density at radius 3 is 2.81 bits per heavy atom. The molecule has 0 bridgehead atoms. The summed E-state index contributed by atoms with van der Waals surface area (Å²) in [4.78, 5) is 0. The van der Waals surface area contributed by atoms with Crippen molar-refractivity contribution >= 4 is 0 Å². The SMILES string of the molecule is NC(CCCC1CCCO1)c1ccccc1. The molecule has 0 spiro atoms. The molecule has 2 nitrogen and oxygen atoms in total. The summed E-state index contributed by atoms with van der Waals surface area (Å²) in [5.41, 5.74) is 7.38. The summed E-state index contributed by atoms with van der Waals surface area (Å²) in [6, 6.07) is 10.5. The first-order chi connectivity index (χ1) is 7.86. The standard InChI is InChI=1S/C14H21NO/c15-14(12-6-2-1-3-7-12)10-4-8-13-9-5-11-16-13/h1-3,6-7,13-14H,4-5,8-11,15H2. The van der Waals surface area contributed by atoms with Gasteiger partial charge in [0.2, 0.25) is 0 Å². The lowest BCUT2D eigenvalue weighted by Gasteiger charge is -2.13. The van der Waals surface area contributed by atoms with Crippen LogP contribution >= 0.6 is 0 Å². The molecular weight excluding hydrogens is 198 g/mol. The summed E-state index contributed by atoms with van der Waals surface area (Å²) in [7, 11) is 0. The molecule has 2 unspecified atom stereocenters. The van der Waals surface area contributed by atoms with E-state index in [4.69, 9.17) is 10.5 Å². The second-order valence-corrected chi connectivity index (χ2v) is 4.58. The number of rotatable bonds is 5. The van der Waals surface area contributed by atoms with Gasteiger partial charge in [0.15, 0.2) is 0 Å². The molecule has 2 atom stereocenters. The third-order valence-corrected chi connectivity index (χ3v) is 3.29. The third kappa shape index (κ3) is 3.32. The van der Waals surface area contributed by atoms with Crippen molar-refractivity contribution in [2.75, 3.05) is 6.61 Å². The maximum absolute atomic E-state index is 6.14. The summed E-state index contributed by atoms with van der Waals surface area (Å²) >= 11 is 0. The number of hydrogen-bond acceptors (Lipinski definition) is 2. The largest absolute Gasteiger partial charge is 0.378 e. The van der Waals surface area contributed by atoms with Gasteiger partial charge in [0, 0.05) is 12.6 Å². The lowest BCUT2D eigenvalue weighted by atomic mass is 10.0. The molecule has 0 aromatic heterocycles. The van der Waals surface area contributed by atoms with Crippen molar-refractivity contribution in [3.63, 3.8) is 0 Å². The minimum absolute atomic E-state index is 0.183. The first-order valence-electron chi connectivity index (χ1n) is 6.28. The molecule has 1 saturated heterocycles. The molecule has 0 amide bonds. The van der Waals surface area contributed by atoms with Crippen LogP contribution in [0.3, 0.4) is 0 Å². The molecule has 16 heavy (non-hydrogen) atoms. The van der Waals surface area contributed by atoms with E-state index in [1.165, 1.54) is 31.2 Å². The molecule has 0 radical (unpaired) electrons. The van der Waals surface area contributed by atoms with Crippen molar-refractivity contribution in [1.82, 2.24) is 0 Å². The van der Waals surface area contributed by atoms with Crippen LogP contribution in [0, 0.1) is 0 Å². The molecule has 2 heteroatoms. The monoisotopic (exact) mass is 219 g/mol. The first kappa shape index (κ1) is 11.6. The lowest BCUT2D eigenvalue weighted by Crippen LogP contribution is -2.12. The van der Waals surface area contributed by atoms with Crippen molar-refractivity contribution in [3.05, 3.63) is 35.9 Å². The van der Waals surface area contributed by atoms with E-state index in [1.807, 2.05) is 6.07 Å². The van der Waals surface area contributed by atoms with Crippen LogP contribution in [0.2, 0.25) is 0 Å². The lowest BCUT2D eigenvalue weighted by molar-refractivity contribution is 0.101. The first-order valence-corrected chi connectivity index (χ1v) is 6.28. The Morgan fingerprint density at radius 1 is 1.31 bits per heavy atom. The normalized spacial score (nSPS) is 22.2. The van der Waals surface area contributed by atoms with Crippen LogP contribution in [-0.4, -0.2) is 12.7 Å². The van der Waals surface area contributed by atoms with E-state index >= 15 is 0 Å². The number of benzene rings is 1. The highest BCUT2D eigenvalue weighted by Crippen LogP contribution is 2.21. The molecule has 1 aliphatic heterocycles. The smallest absolute Gasteiger partial charge is 0.0576 e. The minimum atomic E-state index is 0.183. The predicted octanol–water partition coefficient (Wildman–Crippen LogP) is 3.04. The van der Waals surface area contributed by atoms with Gasteiger partial charge in [-0.15, -0.1) is 0 Å². The molecule has 1 heterocycles. The van der Waals surface area contributed by atoms with Crippen LogP contribution in [0.15, 0.2) is 30.3 Å². The van der Waals surface area contributed by atoms with Crippen molar-refractivity contribution in [3.8, 4) is 0 Å². The van der Waals surface area contributed by atoms with Gasteiger partial charge in [0.05, 0.1) is 6.10 Å². The van der Waals surface area contributed by atoms with Crippen LogP contribution in [0.4, 0.5) is 0 Å². The van der Waals surface area contributed by atoms with Gasteiger partial charge < -0.3 is 10.5 Å². The average Bonchev–Trinajstić information content (AvgIpc) is 2.83. The van der Waals surface area contributed by atoms with E-state index in [-0.39, 0.29) is 6.04 Å². The van der Waals surface area contributed by atoms with E-state index < -0.39 is 0 Å². The molecular formula is C14H21NO. The fourth-order valence-electron chi connectivity index (χ4n) is 2.30. The van der Waals surface area contributed by atoms with Gasteiger partial charge in [-0.05, 0) is 37.7 Å². The Labute approximate surface area is 97.8 Å². The molecule has 1 fully saturated rings. The van der Waals surface area contributed by atoms with Crippen LogP contribution in [0.25, 0.3) is 0 Å². The minimum Gasteiger partial charge on any atom is -0.378 e. The molecule has 0 aliphatic carbocycles. The van der Waals surface area contributed by atoms with E-state index in [1.54, 1.807) is 0 Å². The molecule has 1 aliphatic rings. The number of hydrogen-bond donors (Lipinski definition) is 1. The zero-order valence-corrected chi connectivity index (χ0v) is 9.77. The molecule has 1 aromatic carbocycles. The van der Waals surface area contributed by atoms with E-state index in [9.17, 15) is 0 Å². The Kier molecular flexibility index (Phi) is 4.37. The van der Waals surface area contributed by atoms with Gasteiger partial charge in [0.25, 0.3) is 0 Å². The summed E-state index contributed by atoms with van der Waals surface area (Å²) in [5.74, 6) is 0. The van der Waals surface area contributed by atoms with Gasteiger partial charge in [0.1, 0.15) is 0 Å². The highest BCUT2D eigenvalue weighted by atomic mass is 16.5. The van der Waals surface area contributed by atoms with Crippen molar-refractivity contribution < 1.29 is 4.74 Å². The van der Waals surface area contributed by atoms with E-state index in [0.29, 0.717) is 6.10 Å². The van der Waals surface area contributed by atoms with Gasteiger partial charge in [-0.2, -0.15) is 0 Å². The predicted molar refractivity (Wildman–Crippen MR) is 66.2 cm³/mol. The molecule has 2 N–H and O–H groups in total. The summed E-state index contributed by atoms with van der Waals surface area (Å²) < 4.78 is 5.60. The molecule has 0 saturated carbocycles.